The van der Waals surface area contributed by atoms with Crippen molar-refractivity contribution in [2.24, 2.45) is 0 Å². The molecule has 0 spiro atoms. The molecule has 3 heteroatoms. The lowest BCUT2D eigenvalue weighted by Gasteiger charge is -2.00. The van der Waals surface area contributed by atoms with Gasteiger partial charge in [0.1, 0.15) is 0 Å². The fourth-order valence-corrected chi connectivity index (χ4v) is 1.65. The predicted molar refractivity (Wildman–Crippen MR) is 56.7 cm³/mol. The van der Waals surface area contributed by atoms with Gasteiger partial charge < -0.3 is 5.32 Å². The SMILES string of the molecule is C(=C1\CCCNCC1)/c1ncccn1. The Morgan fingerprint density at radius 1 is 1.14 bits per heavy atom. The first-order chi connectivity index (χ1) is 6.95. The van der Waals surface area contributed by atoms with Crippen molar-refractivity contribution in [3.05, 3.63) is 29.9 Å². The van der Waals surface area contributed by atoms with Crippen LogP contribution in [0.3, 0.4) is 0 Å². The number of nitrogens with one attached hydrogen (secondary N) is 1. The first-order valence-electron chi connectivity index (χ1n) is 5.12. The molecule has 3 nitrogen and oxygen atoms in total. The summed E-state index contributed by atoms with van der Waals surface area (Å²) in [5.74, 6) is 0.837. The van der Waals surface area contributed by atoms with Crippen molar-refractivity contribution in [2.45, 2.75) is 19.3 Å². The van der Waals surface area contributed by atoms with Gasteiger partial charge >= 0.3 is 0 Å². The molecule has 74 valence electrons. The lowest BCUT2D eigenvalue weighted by Crippen LogP contribution is -2.13. The molecule has 0 atom stereocenters. The van der Waals surface area contributed by atoms with Crippen molar-refractivity contribution in [3.63, 3.8) is 0 Å². The van der Waals surface area contributed by atoms with Gasteiger partial charge in [0.05, 0.1) is 0 Å². The van der Waals surface area contributed by atoms with Crippen LogP contribution in [-0.4, -0.2) is 23.1 Å². The number of rotatable bonds is 1. The van der Waals surface area contributed by atoms with E-state index in [9.17, 15) is 0 Å². The predicted octanol–water partition coefficient (Wildman–Crippen LogP) is 1.63. The summed E-state index contributed by atoms with van der Waals surface area (Å²) >= 11 is 0. The Labute approximate surface area is 84.3 Å². The molecule has 0 aromatic carbocycles. The number of nitrogens with zero attached hydrogens (tertiary/aromatic N) is 2. The van der Waals surface area contributed by atoms with Crippen LogP contribution in [0.1, 0.15) is 25.1 Å². The fraction of sp³-hybridized carbons (Fsp3) is 0.455. The summed E-state index contributed by atoms with van der Waals surface area (Å²) in [6, 6.07) is 1.84. The largest absolute Gasteiger partial charge is 0.316 e. The topological polar surface area (TPSA) is 37.8 Å². The van der Waals surface area contributed by atoms with E-state index in [-0.39, 0.29) is 0 Å². The summed E-state index contributed by atoms with van der Waals surface area (Å²) in [4.78, 5) is 8.39. The molecule has 1 saturated heterocycles. The molecule has 1 aliphatic heterocycles. The molecular weight excluding hydrogens is 174 g/mol. The minimum absolute atomic E-state index is 0.837. The third-order valence-electron chi connectivity index (χ3n) is 2.39. The van der Waals surface area contributed by atoms with Crippen LogP contribution in [0.15, 0.2) is 24.0 Å². The van der Waals surface area contributed by atoms with E-state index in [4.69, 9.17) is 0 Å². The van der Waals surface area contributed by atoms with Crippen LogP contribution in [0.5, 0.6) is 0 Å². The molecule has 0 amide bonds. The lowest BCUT2D eigenvalue weighted by atomic mass is 10.1. The Morgan fingerprint density at radius 2 is 2.00 bits per heavy atom. The second kappa shape index (κ2) is 4.86. The average Bonchev–Trinajstić information content (AvgIpc) is 2.48. The molecule has 0 saturated carbocycles. The zero-order valence-electron chi connectivity index (χ0n) is 8.24. The Hall–Kier alpha value is -1.22. The second-order valence-electron chi connectivity index (χ2n) is 3.51. The van der Waals surface area contributed by atoms with E-state index in [2.05, 4.69) is 21.4 Å². The van der Waals surface area contributed by atoms with Gasteiger partial charge in [-0.15, -0.1) is 0 Å². The quantitative estimate of drug-likeness (QED) is 0.729. The van der Waals surface area contributed by atoms with Crippen molar-refractivity contribution in [1.82, 2.24) is 15.3 Å². The highest BCUT2D eigenvalue weighted by atomic mass is 14.9. The van der Waals surface area contributed by atoms with E-state index in [0.717, 1.165) is 25.3 Å². The van der Waals surface area contributed by atoms with Crippen LogP contribution in [0.25, 0.3) is 6.08 Å². The van der Waals surface area contributed by atoms with Gasteiger partial charge in [0.2, 0.25) is 0 Å². The minimum Gasteiger partial charge on any atom is -0.316 e. The second-order valence-corrected chi connectivity index (χ2v) is 3.51. The van der Waals surface area contributed by atoms with Crippen molar-refractivity contribution >= 4 is 6.08 Å². The Balaban J connectivity index is 2.09. The van der Waals surface area contributed by atoms with Crippen LogP contribution in [0.4, 0.5) is 0 Å². The molecule has 1 N–H and O–H groups in total. The number of aromatic nitrogens is 2. The summed E-state index contributed by atoms with van der Waals surface area (Å²) < 4.78 is 0. The van der Waals surface area contributed by atoms with Gasteiger partial charge in [0, 0.05) is 12.4 Å². The van der Waals surface area contributed by atoms with Crippen LogP contribution in [0.2, 0.25) is 0 Å². The molecule has 1 aliphatic rings. The van der Waals surface area contributed by atoms with Crippen LogP contribution in [0, 0.1) is 0 Å². The average molecular weight is 189 g/mol. The summed E-state index contributed by atoms with van der Waals surface area (Å²) in [7, 11) is 0. The number of hydrogen-bond acceptors (Lipinski definition) is 3. The van der Waals surface area contributed by atoms with Crippen molar-refractivity contribution < 1.29 is 0 Å². The zero-order chi connectivity index (χ0) is 9.64. The minimum atomic E-state index is 0.837. The maximum atomic E-state index is 4.20. The first-order valence-corrected chi connectivity index (χ1v) is 5.12. The molecule has 2 rings (SSSR count). The molecule has 0 aliphatic carbocycles. The first kappa shape index (κ1) is 9.34. The number of hydrogen-bond donors (Lipinski definition) is 1. The monoisotopic (exact) mass is 189 g/mol. The van der Waals surface area contributed by atoms with E-state index < -0.39 is 0 Å². The van der Waals surface area contributed by atoms with E-state index >= 15 is 0 Å². The Bertz CT molecular complexity index is 296. The summed E-state index contributed by atoms with van der Waals surface area (Å²) in [6.45, 7) is 2.21. The molecule has 2 heterocycles. The molecule has 0 radical (unpaired) electrons. The van der Waals surface area contributed by atoms with Gasteiger partial charge in [-0.2, -0.15) is 0 Å². The molecule has 0 unspecified atom stereocenters. The molecular formula is C11H15N3. The summed E-state index contributed by atoms with van der Waals surface area (Å²) in [5.41, 5.74) is 1.46. The van der Waals surface area contributed by atoms with Gasteiger partial charge in [0.25, 0.3) is 0 Å². The van der Waals surface area contributed by atoms with Crippen LogP contribution < -0.4 is 5.32 Å². The highest BCUT2D eigenvalue weighted by Crippen LogP contribution is 2.14. The molecule has 14 heavy (non-hydrogen) atoms. The molecule has 0 bridgehead atoms. The van der Waals surface area contributed by atoms with Gasteiger partial charge in [-0.1, -0.05) is 5.57 Å². The van der Waals surface area contributed by atoms with E-state index in [1.165, 1.54) is 18.4 Å². The molecule has 1 aromatic rings. The zero-order valence-corrected chi connectivity index (χ0v) is 8.24. The maximum Gasteiger partial charge on any atom is 0.151 e. The smallest absolute Gasteiger partial charge is 0.151 e. The third-order valence-corrected chi connectivity index (χ3v) is 2.39. The third kappa shape index (κ3) is 2.64. The Kier molecular flexibility index (Phi) is 3.24. The highest BCUT2D eigenvalue weighted by Gasteiger charge is 2.03. The van der Waals surface area contributed by atoms with Crippen molar-refractivity contribution in [1.29, 1.82) is 0 Å². The van der Waals surface area contributed by atoms with Gasteiger partial charge in [-0.25, -0.2) is 9.97 Å². The highest BCUT2D eigenvalue weighted by molar-refractivity contribution is 5.44. The van der Waals surface area contributed by atoms with Crippen LogP contribution in [-0.2, 0) is 0 Å². The normalized spacial score (nSPS) is 20.7. The van der Waals surface area contributed by atoms with Crippen molar-refractivity contribution in [3.8, 4) is 0 Å². The van der Waals surface area contributed by atoms with Gasteiger partial charge in [0.15, 0.2) is 5.82 Å². The molecule has 1 fully saturated rings. The van der Waals surface area contributed by atoms with Crippen LogP contribution >= 0.6 is 0 Å². The van der Waals surface area contributed by atoms with E-state index in [1.54, 1.807) is 12.4 Å². The summed E-state index contributed by atoms with van der Waals surface area (Å²) in [5, 5.41) is 3.38. The maximum absolute atomic E-state index is 4.20. The standard InChI is InChI=1S/C11H15N3/c1-3-10(4-8-12-5-1)9-11-13-6-2-7-14-11/h2,6-7,9,12H,1,3-5,8H2/b10-9-. The van der Waals surface area contributed by atoms with E-state index in [0.29, 0.717) is 0 Å². The van der Waals surface area contributed by atoms with Gasteiger partial charge in [-0.3, -0.25) is 0 Å². The fourth-order valence-electron chi connectivity index (χ4n) is 1.65. The van der Waals surface area contributed by atoms with Crippen molar-refractivity contribution in [2.75, 3.05) is 13.1 Å². The van der Waals surface area contributed by atoms with Gasteiger partial charge in [-0.05, 0) is 44.5 Å². The Morgan fingerprint density at radius 3 is 2.86 bits per heavy atom. The molecule has 1 aromatic heterocycles. The lowest BCUT2D eigenvalue weighted by molar-refractivity contribution is 0.703. The summed E-state index contributed by atoms with van der Waals surface area (Å²) in [6.07, 6.45) is 9.21. The van der Waals surface area contributed by atoms with E-state index in [1.807, 2.05) is 6.07 Å².